The van der Waals surface area contributed by atoms with E-state index in [1.807, 2.05) is 42.5 Å². The summed E-state index contributed by atoms with van der Waals surface area (Å²) in [7, 11) is 0. The zero-order chi connectivity index (χ0) is 21.5. The summed E-state index contributed by atoms with van der Waals surface area (Å²) in [6.07, 6.45) is 0. The van der Waals surface area contributed by atoms with Crippen molar-refractivity contribution in [1.29, 1.82) is 0 Å². The summed E-state index contributed by atoms with van der Waals surface area (Å²) >= 11 is 1.37. The van der Waals surface area contributed by atoms with Gasteiger partial charge in [-0.05, 0) is 48.0 Å². The minimum absolute atomic E-state index is 0.102. The molecule has 0 aliphatic carbocycles. The van der Waals surface area contributed by atoms with Gasteiger partial charge in [0.15, 0.2) is 0 Å². The number of carboxylic acids is 1. The Kier molecular flexibility index (Phi) is 6.87. The fourth-order valence-corrected chi connectivity index (χ4v) is 3.82. The molecule has 3 rings (SSSR count). The first-order chi connectivity index (χ1) is 14.4. The predicted octanol–water partition coefficient (Wildman–Crippen LogP) is 4.82. The first-order valence-corrected chi connectivity index (χ1v) is 10.0. The molecule has 0 heterocycles. The molecule has 6 nitrogen and oxygen atoms in total. The molecule has 0 radical (unpaired) electrons. The van der Waals surface area contributed by atoms with Crippen molar-refractivity contribution in [3.8, 4) is 0 Å². The lowest BCUT2D eigenvalue weighted by molar-refractivity contribution is -0.116. The van der Waals surface area contributed by atoms with Gasteiger partial charge in [0.2, 0.25) is 11.8 Å². The van der Waals surface area contributed by atoms with Crippen LogP contribution in [0.5, 0.6) is 0 Å². The molecule has 2 amide bonds. The van der Waals surface area contributed by atoms with Gasteiger partial charge < -0.3 is 15.7 Å². The molecule has 0 spiro atoms. The summed E-state index contributed by atoms with van der Waals surface area (Å²) < 4.78 is 0. The molecule has 0 fully saturated rings. The average molecular weight is 420 g/mol. The van der Waals surface area contributed by atoms with Crippen LogP contribution < -0.4 is 10.6 Å². The van der Waals surface area contributed by atoms with Gasteiger partial charge in [-0.2, -0.15) is 0 Å². The smallest absolute Gasteiger partial charge is 0.335 e. The molecule has 0 saturated carbocycles. The Labute approximate surface area is 178 Å². The third kappa shape index (κ3) is 5.71. The highest BCUT2D eigenvalue weighted by Gasteiger charge is 2.22. The Morgan fingerprint density at radius 3 is 2.17 bits per heavy atom. The average Bonchev–Trinajstić information content (AvgIpc) is 2.73. The van der Waals surface area contributed by atoms with Crippen LogP contribution in [0.25, 0.3) is 0 Å². The second-order valence-electron chi connectivity index (χ2n) is 6.49. The van der Waals surface area contributed by atoms with Gasteiger partial charge in [0.05, 0.1) is 5.56 Å². The first-order valence-electron chi connectivity index (χ1n) is 9.16. The summed E-state index contributed by atoms with van der Waals surface area (Å²) in [5.74, 6) is -1.47. The van der Waals surface area contributed by atoms with Crippen LogP contribution in [0.15, 0.2) is 83.8 Å². The first kappa shape index (κ1) is 21.1. The number of carbonyl (C=O) groups is 3. The quantitative estimate of drug-likeness (QED) is 0.477. The molecule has 0 aliphatic heterocycles. The normalized spacial score (nSPS) is 11.4. The number of anilines is 2. The van der Waals surface area contributed by atoms with Gasteiger partial charge in [0, 0.05) is 23.2 Å². The molecule has 0 bridgehead atoms. The fourth-order valence-electron chi connectivity index (χ4n) is 2.79. The standard InChI is InChI=1S/C23H20N2O4S/c1-15(26)24-18-10-12-20(13-11-18)30-21(16-6-3-2-4-7-16)22(27)25-19-9-5-8-17(14-19)23(28)29/h2-14,21H,1H3,(H,24,26)(H,25,27)(H,28,29). The van der Waals surface area contributed by atoms with E-state index in [2.05, 4.69) is 10.6 Å². The highest BCUT2D eigenvalue weighted by Crippen LogP contribution is 2.36. The third-order valence-electron chi connectivity index (χ3n) is 4.15. The van der Waals surface area contributed by atoms with Gasteiger partial charge in [-0.3, -0.25) is 9.59 Å². The van der Waals surface area contributed by atoms with Gasteiger partial charge in [-0.1, -0.05) is 36.4 Å². The maximum absolute atomic E-state index is 13.1. The van der Waals surface area contributed by atoms with Gasteiger partial charge in [0.1, 0.15) is 5.25 Å². The summed E-state index contributed by atoms with van der Waals surface area (Å²) in [5, 5.41) is 14.1. The van der Waals surface area contributed by atoms with Crippen molar-refractivity contribution in [2.75, 3.05) is 10.6 Å². The highest BCUT2D eigenvalue weighted by atomic mass is 32.2. The molecule has 3 aromatic rings. The number of amides is 2. The number of thioether (sulfide) groups is 1. The lowest BCUT2D eigenvalue weighted by Crippen LogP contribution is -2.19. The molecular weight excluding hydrogens is 400 g/mol. The Morgan fingerprint density at radius 2 is 1.53 bits per heavy atom. The maximum atomic E-state index is 13.1. The van der Waals surface area contributed by atoms with E-state index < -0.39 is 11.2 Å². The van der Waals surface area contributed by atoms with Gasteiger partial charge >= 0.3 is 5.97 Å². The number of nitrogens with one attached hydrogen (secondary N) is 2. The molecule has 0 aliphatic rings. The number of carboxylic acid groups (broad SMARTS) is 1. The Morgan fingerprint density at radius 1 is 0.833 bits per heavy atom. The largest absolute Gasteiger partial charge is 0.478 e. The second kappa shape index (κ2) is 9.76. The van der Waals surface area contributed by atoms with E-state index >= 15 is 0 Å². The molecule has 152 valence electrons. The predicted molar refractivity (Wildman–Crippen MR) is 118 cm³/mol. The van der Waals surface area contributed by atoms with E-state index in [4.69, 9.17) is 5.11 Å². The fraction of sp³-hybridized carbons (Fsp3) is 0.0870. The number of aromatic carboxylic acids is 1. The maximum Gasteiger partial charge on any atom is 0.335 e. The van der Waals surface area contributed by atoms with Crippen molar-refractivity contribution < 1.29 is 19.5 Å². The number of hydrogen-bond donors (Lipinski definition) is 3. The molecule has 3 aromatic carbocycles. The Bertz CT molecular complexity index is 1050. The minimum Gasteiger partial charge on any atom is -0.478 e. The van der Waals surface area contributed by atoms with Gasteiger partial charge in [-0.15, -0.1) is 11.8 Å². The van der Waals surface area contributed by atoms with Crippen molar-refractivity contribution in [2.24, 2.45) is 0 Å². The van der Waals surface area contributed by atoms with Crippen molar-refractivity contribution in [3.05, 3.63) is 90.0 Å². The van der Waals surface area contributed by atoms with Crippen molar-refractivity contribution in [3.63, 3.8) is 0 Å². The summed E-state index contributed by atoms with van der Waals surface area (Å²) in [4.78, 5) is 36.3. The highest BCUT2D eigenvalue weighted by molar-refractivity contribution is 8.00. The topological polar surface area (TPSA) is 95.5 Å². The van der Waals surface area contributed by atoms with E-state index in [1.54, 1.807) is 24.3 Å². The van der Waals surface area contributed by atoms with Crippen LogP contribution in [-0.4, -0.2) is 22.9 Å². The second-order valence-corrected chi connectivity index (χ2v) is 7.67. The molecule has 7 heteroatoms. The van der Waals surface area contributed by atoms with E-state index in [1.165, 1.54) is 30.8 Å². The number of carbonyl (C=O) groups excluding carboxylic acids is 2. The number of hydrogen-bond acceptors (Lipinski definition) is 4. The van der Waals surface area contributed by atoms with Crippen LogP contribution >= 0.6 is 11.8 Å². The minimum atomic E-state index is -1.06. The summed E-state index contributed by atoms with van der Waals surface area (Å²) in [6, 6.07) is 22.7. The molecular formula is C23H20N2O4S. The lowest BCUT2D eigenvalue weighted by Gasteiger charge is -2.17. The van der Waals surface area contributed by atoms with E-state index in [-0.39, 0.29) is 17.4 Å². The van der Waals surface area contributed by atoms with Crippen LogP contribution in [-0.2, 0) is 9.59 Å². The van der Waals surface area contributed by atoms with Crippen molar-refractivity contribution >= 4 is 40.9 Å². The van der Waals surface area contributed by atoms with E-state index in [0.29, 0.717) is 11.4 Å². The molecule has 0 saturated heterocycles. The monoisotopic (exact) mass is 420 g/mol. The molecule has 1 atom stereocenters. The number of benzene rings is 3. The molecule has 3 N–H and O–H groups in total. The van der Waals surface area contributed by atoms with Crippen LogP contribution in [0.4, 0.5) is 11.4 Å². The Balaban J connectivity index is 1.82. The van der Waals surface area contributed by atoms with E-state index in [9.17, 15) is 14.4 Å². The Hall–Kier alpha value is -3.58. The van der Waals surface area contributed by atoms with Crippen molar-refractivity contribution in [2.45, 2.75) is 17.1 Å². The van der Waals surface area contributed by atoms with Crippen LogP contribution in [0.2, 0.25) is 0 Å². The molecule has 30 heavy (non-hydrogen) atoms. The van der Waals surface area contributed by atoms with Crippen LogP contribution in [0.1, 0.15) is 28.1 Å². The third-order valence-corrected chi connectivity index (χ3v) is 5.41. The summed E-state index contributed by atoms with van der Waals surface area (Å²) in [5.41, 5.74) is 2.02. The number of rotatable bonds is 7. The molecule has 0 aromatic heterocycles. The summed E-state index contributed by atoms with van der Waals surface area (Å²) in [6.45, 7) is 1.44. The van der Waals surface area contributed by atoms with Crippen LogP contribution in [0.3, 0.4) is 0 Å². The van der Waals surface area contributed by atoms with E-state index in [0.717, 1.165) is 10.5 Å². The molecule has 1 unspecified atom stereocenters. The van der Waals surface area contributed by atoms with Gasteiger partial charge in [0.25, 0.3) is 0 Å². The zero-order valence-corrected chi connectivity index (χ0v) is 17.0. The SMILES string of the molecule is CC(=O)Nc1ccc(SC(C(=O)Nc2cccc(C(=O)O)c2)c2ccccc2)cc1. The van der Waals surface area contributed by atoms with Crippen LogP contribution in [0, 0.1) is 0 Å². The lowest BCUT2D eigenvalue weighted by atomic mass is 10.1. The zero-order valence-electron chi connectivity index (χ0n) is 16.2. The van der Waals surface area contributed by atoms with Gasteiger partial charge in [-0.25, -0.2) is 4.79 Å². The van der Waals surface area contributed by atoms with Crippen molar-refractivity contribution in [1.82, 2.24) is 0 Å².